The molecule has 4 nitrogen and oxygen atoms in total. The van der Waals surface area contributed by atoms with Crippen LogP contribution in [0, 0.1) is 0 Å². The van der Waals surface area contributed by atoms with Crippen molar-refractivity contribution in [3.8, 4) is 0 Å². The lowest BCUT2D eigenvalue weighted by Gasteiger charge is -2.03. The van der Waals surface area contributed by atoms with E-state index in [1.165, 1.54) is 6.92 Å². The number of carboxylic acids is 1. The Labute approximate surface area is 100 Å². The first kappa shape index (κ1) is 13.0. The number of aliphatic carboxylic acids is 1. The highest BCUT2D eigenvalue weighted by atomic mass is 16.6. The van der Waals surface area contributed by atoms with E-state index in [4.69, 9.17) is 9.94 Å². The van der Waals surface area contributed by atoms with E-state index in [9.17, 15) is 4.79 Å². The third kappa shape index (κ3) is 4.97. The number of rotatable bonds is 5. The van der Waals surface area contributed by atoms with Crippen LogP contribution in [0.5, 0.6) is 0 Å². The molecule has 0 spiro atoms. The first-order chi connectivity index (χ1) is 8.09. The minimum Gasteiger partial charge on any atom is -0.478 e. The number of benzene rings is 1. The van der Waals surface area contributed by atoms with Gasteiger partial charge in [0.15, 0.2) is 0 Å². The van der Waals surface area contributed by atoms with Crippen LogP contribution in [0.4, 0.5) is 0 Å². The molecule has 0 amide bonds. The summed E-state index contributed by atoms with van der Waals surface area (Å²) >= 11 is 0. The van der Waals surface area contributed by atoms with Gasteiger partial charge in [-0.1, -0.05) is 41.6 Å². The van der Waals surface area contributed by atoms with Gasteiger partial charge < -0.3 is 9.94 Å². The van der Waals surface area contributed by atoms with Gasteiger partial charge in [0.2, 0.25) is 6.10 Å². The average Bonchev–Trinajstić information content (AvgIpc) is 2.34. The second-order valence-electron chi connectivity index (χ2n) is 3.56. The second kappa shape index (κ2) is 6.48. The molecule has 0 heterocycles. The molecule has 1 N–H and O–H groups in total. The van der Waals surface area contributed by atoms with E-state index >= 15 is 0 Å². The van der Waals surface area contributed by atoms with E-state index in [1.54, 1.807) is 13.0 Å². The number of hydrogen-bond donors (Lipinski definition) is 1. The van der Waals surface area contributed by atoms with Crippen LogP contribution < -0.4 is 0 Å². The lowest BCUT2D eigenvalue weighted by molar-refractivity contribution is -0.149. The number of carboxylic acid groups (broad SMARTS) is 1. The van der Waals surface area contributed by atoms with Crippen molar-refractivity contribution in [2.24, 2.45) is 5.16 Å². The third-order valence-electron chi connectivity index (χ3n) is 2.02. The van der Waals surface area contributed by atoms with Crippen LogP contribution in [0.2, 0.25) is 0 Å². The molecule has 1 aromatic carbocycles. The largest absolute Gasteiger partial charge is 0.478 e. The highest BCUT2D eigenvalue weighted by Gasteiger charge is 2.10. The maximum atomic E-state index is 10.5. The predicted molar refractivity (Wildman–Crippen MR) is 66.8 cm³/mol. The molecule has 0 radical (unpaired) electrons. The Morgan fingerprint density at radius 1 is 1.41 bits per heavy atom. The fourth-order valence-corrected chi connectivity index (χ4v) is 1.02. The zero-order chi connectivity index (χ0) is 12.7. The second-order valence-corrected chi connectivity index (χ2v) is 3.56. The van der Waals surface area contributed by atoms with Crippen molar-refractivity contribution in [2.45, 2.75) is 20.0 Å². The number of nitrogens with zero attached hydrogens (tertiary/aromatic N) is 1. The molecule has 0 bridgehead atoms. The molecule has 1 atom stereocenters. The fraction of sp³-hybridized carbons (Fsp3) is 0.231. The minimum absolute atomic E-state index is 0.613. The van der Waals surface area contributed by atoms with E-state index < -0.39 is 12.1 Å². The number of allylic oxidation sites excluding steroid dienone is 1. The molecule has 0 saturated carbocycles. The maximum absolute atomic E-state index is 10.5. The Balaban J connectivity index is 2.54. The average molecular weight is 233 g/mol. The van der Waals surface area contributed by atoms with Crippen molar-refractivity contribution in [2.75, 3.05) is 0 Å². The van der Waals surface area contributed by atoms with E-state index in [1.807, 2.05) is 36.4 Å². The lowest BCUT2D eigenvalue weighted by Crippen LogP contribution is -2.17. The van der Waals surface area contributed by atoms with Gasteiger partial charge in [-0.2, -0.15) is 0 Å². The summed E-state index contributed by atoms with van der Waals surface area (Å²) in [6.45, 7) is 3.17. The number of carbonyl (C=O) groups is 1. The molecule has 1 aromatic rings. The molecule has 1 rings (SSSR count). The highest BCUT2D eigenvalue weighted by molar-refractivity contribution is 5.95. The SMILES string of the molecule is CC(/C=C/c1ccccc1)=N\OC(C)C(=O)O. The van der Waals surface area contributed by atoms with Crippen molar-refractivity contribution >= 4 is 17.8 Å². The molecule has 0 fully saturated rings. The number of hydrogen-bond acceptors (Lipinski definition) is 3. The summed E-state index contributed by atoms with van der Waals surface area (Å²) in [5.41, 5.74) is 1.66. The Morgan fingerprint density at radius 3 is 2.65 bits per heavy atom. The van der Waals surface area contributed by atoms with E-state index in [-0.39, 0.29) is 0 Å². The van der Waals surface area contributed by atoms with Gasteiger partial charge in [-0.15, -0.1) is 0 Å². The van der Waals surface area contributed by atoms with Crippen LogP contribution in [0.15, 0.2) is 41.6 Å². The van der Waals surface area contributed by atoms with Crippen molar-refractivity contribution in [3.05, 3.63) is 42.0 Å². The molecule has 0 saturated heterocycles. The summed E-state index contributed by atoms with van der Waals surface area (Å²) in [6, 6.07) is 9.75. The van der Waals surface area contributed by atoms with Crippen molar-refractivity contribution in [1.82, 2.24) is 0 Å². The summed E-state index contributed by atoms with van der Waals surface area (Å²) in [5, 5.41) is 12.3. The maximum Gasteiger partial charge on any atom is 0.347 e. The van der Waals surface area contributed by atoms with Crippen LogP contribution >= 0.6 is 0 Å². The standard InChI is InChI=1S/C13H15NO3/c1-10(14-17-11(2)13(15)16)8-9-12-6-4-3-5-7-12/h3-9,11H,1-2H3,(H,15,16)/b9-8+,14-10+. The molecular weight excluding hydrogens is 218 g/mol. The quantitative estimate of drug-likeness (QED) is 0.628. The molecular formula is C13H15NO3. The van der Waals surface area contributed by atoms with E-state index in [2.05, 4.69) is 5.16 Å². The van der Waals surface area contributed by atoms with Gasteiger partial charge >= 0.3 is 5.97 Å². The van der Waals surface area contributed by atoms with Gasteiger partial charge in [-0.25, -0.2) is 4.79 Å². The van der Waals surface area contributed by atoms with Gasteiger partial charge in [0.25, 0.3) is 0 Å². The normalized spacial score (nSPS) is 13.6. The zero-order valence-electron chi connectivity index (χ0n) is 9.83. The molecule has 4 heteroatoms. The van der Waals surface area contributed by atoms with Crippen molar-refractivity contribution in [1.29, 1.82) is 0 Å². The summed E-state index contributed by atoms with van der Waals surface area (Å²) in [4.78, 5) is 15.3. The summed E-state index contributed by atoms with van der Waals surface area (Å²) in [7, 11) is 0. The Kier molecular flexibility index (Phi) is 4.94. The van der Waals surface area contributed by atoms with Crippen LogP contribution in [-0.2, 0) is 9.63 Å². The van der Waals surface area contributed by atoms with Gasteiger partial charge in [-0.3, -0.25) is 0 Å². The van der Waals surface area contributed by atoms with Crippen LogP contribution in [0.25, 0.3) is 6.08 Å². The minimum atomic E-state index is -1.03. The van der Waals surface area contributed by atoms with E-state index in [0.29, 0.717) is 5.71 Å². The lowest BCUT2D eigenvalue weighted by atomic mass is 10.2. The summed E-state index contributed by atoms with van der Waals surface area (Å²) in [6.07, 6.45) is 2.72. The van der Waals surface area contributed by atoms with Gasteiger partial charge in [0.05, 0.1) is 5.71 Å². The first-order valence-electron chi connectivity index (χ1n) is 5.26. The molecule has 0 aliphatic carbocycles. The number of oxime groups is 1. The summed E-state index contributed by atoms with van der Waals surface area (Å²) in [5.74, 6) is -1.03. The smallest absolute Gasteiger partial charge is 0.347 e. The Hall–Kier alpha value is -2.10. The van der Waals surface area contributed by atoms with Crippen LogP contribution in [-0.4, -0.2) is 22.9 Å². The highest BCUT2D eigenvalue weighted by Crippen LogP contribution is 2.01. The molecule has 1 unspecified atom stereocenters. The molecule has 0 aliphatic heterocycles. The topological polar surface area (TPSA) is 58.9 Å². The molecule has 90 valence electrons. The van der Waals surface area contributed by atoms with Crippen LogP contribution in [0.1, 0.15) is 19.4 Å². The summed E-state index contributed by atoms with van der Waals surface area (Å²) < 4.78 is 0. The van der Waals surface area contributed by atoms with Crippen molar-refractivity contribution < 1.29 is 14.7 Å². The third-order valence-corrected chi connectivity index (χ3v) is 2.02. The first-order valence-corrected chi connectivity index (χ1v) is 5.26. The molecule has 0 aromatic heterocycles. The Morgan fingerprint density at radius 2 is 2.06 bits per heavy atom. The fourth-order valence-electron chi connectivity index (χ4n) is 1.02. The van der Waals surface area contributed by atoms with Gasteiger partial charge in [0, 0.05) is 0 Å². The van der Waals surface area contributed by atoms with Gasteiger partial charge in [0.1, 0.15) is 0 Å². The van der Waals surface area contributed by atoms with Crippen LogP contribution in [0.3, 0.4) is 0 Å². The monoisotopic (exact) mass is 233 g/mol. The van der Waals surface area contributed by atoms with Crippen molar-refractivity contribution in [3.63, 3.8) is 0 Å². The predicted octanol–water partition coefficient (Wildman–Crippen LogP) is 2.57. The Bertz CT molecular complexity index is 424. The molecule has 17 heavy (non-hydrogen) atoms. The van der Waals surface area contributed by atoms with Gasteiger partial charge in [-0.05, 0) is 25.5 Å². The zero-order valence-corrected chi connectivity index (χ0v) is 9.83. The van der Waals surface area contributed by atoms with E-state index in [0.717, 1.165) is 5.56 Å². The molecule has 0 aliphatic rings.